The summed E-state index contributed by atoms with van der Waals surface area (Å²) in [5.74, 6) is 0.970. The lowest BCUT2D eigenvalue weighted by Gasteiger charge is -2.36. The summed E-state index contributed by atoms with van der Waals surface area (Å²) in [6.07, 6.45) is 3.30. The van der Waals surface area contributed by atoms with Gasteiger partial charge in [-0.25, -0.2) is 4.79 Å². The zero-order valence-electron chi connectivity index (χ0n) is 11.2. The van der Waals surface area contributed by atoms with Gasteiger partial charge in [-0.15, -0.1) is 0 Å². The van der Waals surface area contributed by atoms with E-state index in [0.29, 0.717) is 13.1 Å². The van der Waals surface area contributed by atoms with Crippen LogP contribution in [0.5, 0.6) is 0 Å². The molecule has 1 saturated heterocycles. The summed E-state index contributed by atoms with van der Waals surface area (Å²) >= 11 is 1.77. The summed E-state index contributed by atoms with van der Waals surface area (Å²) in [6, 6.07) is 0.318. The van der Waals surface area contributed by atoms with Crippen LogP contribution in [0.15, 0.2) is 0 Å². The van der Waals surface area contributed by atoms with Gasteiger partial charge in [0, 0.05) is 24.9 Å². The number of rotatable bonds is 4. The van der Waals surface area contributed by atoms with E-state index in [4.69, 9.17) is 4.74 Å². The average Bonchev–Trinajstić information content (AvgIpc) is 2.27. The fraction of sp³-hybridized carbons (Fsp3) is 0.917. The van der Waals surface area contributed by atoms with Crippen molar-refractivity contribution in [2.75, 3.05) is 25.1 Å². The van der Waals surface area contributed by atoms with E-state index in [0.717, 1.165) is 12.2 Å². The smallest absolute Gasteiger partial charge is 0.317 e. The summed E-state index contributed by atoms with van der Waals surface area (Å²) in [5.41, 5.74) is 0. The molecule has 4 nitrogen and oxygen atoms in total. The standard InChI is InChI=1S/C12H24N2O2S/c1-5-11(8-17-4)13-12(15)14-6-9(2)16-10(3)7-14/h9-11H,5-8H2,1-4H3,(H,13,15). The lowest BCUT2D eigenvalue weighted by Crippen LogP contribution is -2.53. The van der Waals surface area contributed by atoms with E-state index in [1.54, 1.807) is 11.8 Å². The molecule has 1 aliphatic heterocycles. The molecule has 100 valence electrons. The second kappa shape index (κ2) is 7.11. The van der Waals surface area contributed by atoms with Crippen molar-refractivity contribution in [1.82, 2.24) is 10.2 Å². The van der Waals surface area contributed by atoms with Gasteiger partial charge in [0.15, 0.2) is 0 Å². The number of hydrogen-bond donors (Lipinski definition) is 1. The minimum atomic E-state index is 0.0490. The number of nitrogens with zero attached hydrogens (tertiary/aromatic N) is 1. The lowest BCUT2D eigenvalue weighted by molar-refractivity contribution is -0.0547. The molecule has 1 fully saturated rings. The highest BCUT2D eigenvalue weighted by Crippen LogP contribution is 2.11. The Morgan fingerprint density at radius 3 is 2.53 bits per heavy atom. The maximum atomic E-state index is 12.1. The second-order valence-electron chi connectivity index (χ2n) is 4.67. The topological polar surface area (TPSA) is 41.6 Å². The van der Waals surface area contributed by atoms with E-state index < -0.39 is 0 Å². The molecule has 0 radical (unpaired) electrons. The third-order valence-corrected chi connectivity index (χ3v) is 3.63. The Hall–Kier alpha value is -0.420. The zero-order valence-corrected chi connectivity index (χ0v) is 12.0. The summed E-state index contributed by atoms with van der Waals surface area (Å²) in [5, 5.41) is 3.09. The predicted octanol–water partition coefficient (Wildman–Crippen LogP) is 1.95. The Bertz CT molecular complexity index is 241. The summed E-state index contributed by atoms with van der Waals surface area (Å²) in [6.45, 7) is 7.49. The molecule has 0 bridgehead atoms. The minimum Gasteiger partial charge on any atom is -0.372 e. The van der Waals surface area contributed by atoms with Crippen LogP contribution in [0.4, 0.5) is 4.79 Å². The number of urea groups is 1. The van der Waals surface area contributed by atoms with E-state index in [2.05, 4.69) is 18.5 Å². The number of ether oxygens (including phenoxy) is 1. The van der Waals surface area contributed by atoms with Crippen LogP contribution in [-0.2, 0) is 4.74 Å². The highest BCUT2D eigenvalue weighted by Gasteiger charge is 2.26. The van der Waals surface area contributed by atoms with Crippen molar-refractivity contribution in [2.24, 2.45) is 0 Å². The van der Waals surface area contributed by atoms with Gasteiger partial charge in [-0.1, -0.05) is 6.92 Å². The average molecular weight is 260 g/mol. The molecule has 0 spiro atoms. The summed E-state index contributed by atoms with van der Waals surface area (Å²) < 4.78 is 5.62. The third kappa shape index (κ3) is 4.76. The van der Waals surface area contributed by atoms with Gasteiger partial charge >= 0.3 is 6.03 Å². The molecule has 3 atom stereocenters. The molecule has 0 saturated carbocycles. The first-order chi connectivity index (χ1) is 8.06. The van der Waals surface area contributed by atoms with E-state index >= 15 is 0 Å². The second-order valence-corrected chi connectivity index (χ2v) is 5.58. The molecule has 3 unspecified atom stereocenters. The first-order valence-corrected chi connectivity index (χ1v) is 7.66. The van der Waals surface area contributed by atoms with Gasteiger partial charge in [-0.3, -0.25) is 0 Å². The number of nitrogens with one attached hydrogen (secondary N) is 1. The molecule has 1 aliphatic rings. The monoisotopic (exact) mass is 260 g/mol. The first kappa shape index (κ1) is 14.6. The zero-order chi connectivity index (χ0) is 12.8. The predicted molar refractivity (Wildman–Crippen MR) is 72.6 cm³/mol. The molecular weight excluding hydrogens is 236 g/mol. The number of amides is 2. The number of morpholine rings is 1. The number of carbonyl (C=O) groups is 1. The van der Waals surface area contributed by atoms with Crippen LogP contribution >= 0.6 is 11.8 Å². The van der Waals surface area contributed by atoms with Crippen molar-refractivity contribution in [3.05, 3.63) is 0 Å². The van der Waals surface area contributed by atoms with Gasteiger partial charge in [-0.2, -0.15) is 11.8 Å². The van der Waals surface area contributed by atoms with Gasteiger partial charge in [-0.05, 0) is 26.5 Å². The first-order valence-electron chi connectivity index (χ1n) is 6.26. The Labute approximate surface area is 108 Å². The highest BCUT2D eigenvalue weighted by atomic mass is 32.2. The Morgan fingerprint density at radius 2 is 2.06 bits per heavy atom. The molecule has 17 heavy (non-hydrogen) atoms. The van der Waals surface area contributed by atoms with Crippen molar-refractivity contribution in [3.8, 4) is 0 Å². The number of hydrogen-bond acceptors (Lipinski definition) is 3. The maximum absolute atomic E-state index is 12.1. The van der Waals surface area contributed by atoms with Crippen LogP contribution < -0.4 is 5.32 Å². The normalized spacial score (nSPS) is 26.7. The van der Waals surface area contributed by atoms with Crippen molar-refractivity contribution in [2.45, 2.75) is 45.4 Å². The Kier molecular flexibility index (Phi) is 6.12. The molecular formula is C12H24N2O2S. The van der Waals surface area contributed by atoms with Crippen LogP contribution in [0.1, 0.15) is 27.2 Å². The minimum absolute atomic E-state index is 0.0490. The van der Waals surface area contributed by atoms with Crippen LogP contribution in [0.2, 0.25) is 0 Å². The van der Waals surface area contributed by atoms with Gasteiger partial charge < -0.3 is 15.0 Å². The largest absolute Gasteiger partial charge is 0.372 e. The third-order valence-electron chi connectivity index (χ3n) is 2.90. The van der Waals surface area contributed by atoms with Crippen LogP contribution in [-0.4, -0.2) is 54.3 Å². The Balaban J connectivity index is 2.45. The highest BCUT2D eigenvalue weighted by molar-refractivity contribution is 7.98. The summed E-state index contributed by atoms with van der Waals surface area (Å²) in [7, 11) is 0. The lowest BCUT2D eigenvalue weighted by atomic mass is 10.2. The molecule has 1 rings (SSSR count). The maximum Gasteiger partial charge on any atom is 0.317 e. The Morgan fingerprint density at radius 1 is 1.47 bits per heavy atom. The van der Waals surface area contributed by atoms with Crippen LogP contribution in [0.3, 0.4) is 0 Å². The fourth-order valence-electron chi connectivity index (χ4n) is 2.07. The van der Waals surface area contributed by atoms with Crippen molar-refractivity contribution in [1.29, 1.82) is 0 Å². The van der Waals surface area contributed by atoms with Gasteiger partial charge in [0.1, 0.15) is 0 Å². The fourth-order valence-corrected chi connectivity index (χ4v) is 2.79. The van der Waals surface area contributed by atoms with Crippen molar-refractivity contribution >= 4 is 17.8 Å². The van der Waals surface area contributed by atoms with E-state index in [1.165, 1.54) is 0 Å². The SMILES string of the molecule is CCC(CSC)NC(=O)N1CC(C)OC(C)C1. The molecule has 5 heteroatoms. The molecule has 0 aliphatic carbocycles. The van der Waals surface area contributed by atoms with E-state index in [1.807, 2.05) is 18.7 Å². The molecule has 0 aromatic carbocycles. The molecule has 1 N–H and O–H groups in total. The molecule has 0 aromatic heterocycles. The molecule has 2 amide bonds. The van der Waals surface area contributed by atoms with E-state index in [-0.39, 0.29) is 24.3 Å². The van der Waals surface area contributed by atoms with Gasteiger partial charge in [0.05, 0.1) is 12.2 Å². The van der Waals surface area contributed by atoms with Crippen LogP contribution in [0.25, 0.3) is 0 Å². The molecule has 0 aromatic rings. The number of thioether (sulfide) groups is 1. The van der Waals surface area contributed by atoms with Crippen molar-refractivity contribution < 1.29 is 9.53 Å². The quantitative estimate of drug-likeness (QED) is 0.840. The summed E-state index contributed by atoms with van der Waals surface area (Å²) in [4.78, 5) is 13.9. The van der Waals surface area contributed by atoms with Crippen molar-refractivity contribution in [3.63, 3.8) is 0 Å². The van der Waals surface area contributed by atoms with Gasteiger partial charge in [0.2, 0.25) is 0 Å². The van der Waals surface area contributed by atoms with Gasteiger partial charge in [0.25, 0.3) is 0 Å². The molecule has 1 heterocycles. The van der Waals surface area contributed by atoms with Crippen LogP contribution in [0, 0.1) is 0 Å². The van der Waals surface area contributed by atoms with E-state index in [9.17, 15) is 4.79 Å². The number of carbonyl (C=O) groups excluding carboxylic acids is 1.